The second-order valence-electron chi connectivity index (χ2n) is 17.6. The highest BCUT2D eigenvalue weighted by molar-refractivity contribution is 5.88. The summed E-state index contributed by atoms with van der Waals surface area (Å²) < 4.78 is 4.85. The van der Waals surface area contributed by atoms with Crippen LogP contribution in [-0.2, 0) is 37.5 Å². The Bertz CT molecular complexity index is 2370. The summed E-state index contributed by atoms with van der Waals surface area (Å²) in [6.07, 6.45) is 0.0124. The molecule has 12 heteroatoms. The molecule has 0 saturated heterocycles. The van der Waals surface area contributed by atoms with Crippen LogP contribution in [0.15, 0.2) is 170 Å². The molecule has 6 aromatic rings. The van der Waals surface area contributed by atoms with Crippen molar-refractivity contribution in [3.05, 3.63) is 198 Å². The lowest BCUT2D eigenvalue weighted by Gasteiger charge is -2.37. The van der Waals surface area contributed by atoms with E-state index in [0.717, 1.165) is 39.1 Å². The van der Waals surface area contributed by atoms with Crippen LogP contribution in [0.25, 0.3) is 11.3 Å². The van der Waals surface area contributed by atoms with Crippen molar-refractivity contribution in [3.63, 3.8) is 0 Å². The van der Waals surface area contributed by atoms with Crippen LogP contribution in [-0.4, -0.2) is 71.3 Å². The van der Waals surface area contributed by atoms with E-state index in [-0.39, 0.29) is 19.3 Å². The molecular weight excluding hydrogens is 829 g/mol. The number of carbonyl (C=O) groups is 4. The predicted molar refractivity (Wildman–Crippen MR) is 257 cm³/mol. The minimum absolute atomic E-state index is 0.0180. The lowest BCUT2D eigenvalue weighted by Crippen LogP contribution is -2.58. The number of nitrogens with two attached hydrogens (primary N) is 1. The Kier molecular flexibility index (Phi) is 16.6. The average Bonchev–Trinajstić information content (AvgIpc) is 3.33. The average molecular weight is 889 g/mol. The number of pyridine rings is 1. The zero-order chi connectivity index (χ0) is 47.1. The van der Waals surface area contributed by atoms with Gasteiger partial charge in [-0.15, -0.1) is 0 Å². The van der Waals surface area contributed by atoms with Gasteiger partial charge < -0.3 is 31.5 Å². The van der Waals surface area contributed by atoms with Gasteiger partial charge >= 0.3 is 6.09 Å². The van der Waals surface area contributed by atoms with Gasteiger partial charge in [0.2, 0.25) is 17.7 Å². The van der Waals surface area contributed by atoms with E-state index >= 15 is 0 Å². The van der Waals surface area contributed by atoms with E-state index < -0.39 is 65.0 Å². The summed E-state index contributed by atoms with van der Waals surface area (Å²) in [5.41, 5.74) is 10.1. The van der Waals surface area contributed by atoms with Crippen molar-refractivity contribution in [2.24, 2.45) is 11.1 Å². The Morgan fingerprint density at radius 2 is 1.18 bits per heavy atom. The van der Waals surface area contributed by atoms with Crippen LogP contribution >= 0.6 is 0 Å². The van der Waals surface area contributed by atoms with Crippen LogP contribution in [0.4, 0.5) is 4.79 Å². The third-order valence-electron chi connectivity index (χ3n) is 11.7. The van der Waals surface area contributed by atoms with Crippen LogP contribution in [0, 0.1) is 5.41 Å². The number of hydrogen-bond acceptors (Lipinski definition) is 8. The molecule has 1 heterocycles. The number of amides is 4. The molecule has 12 nitrogen and oxygen atoms in total. The lowest BCUT2D eigenvalue weighted by atomic mass is 9.77. The summed E-state index contributed by atoms with van der Waals surface area (Å²) in [4.78, 5) is 59.0. The molecule has 66 heavy (non-hydrogen) atoms. The van der Waals surface area contributed by atoms with Crippen molar-refractivity contribution in [2.75, 3.05) is 7.11 Å². The van der Waals surface area contributed by atoms with Gasteiger partial charge in [0.1, 0.15) is 11.6 Å². The Morgan fingerprint density at radius 1 is 0.667 bits per heavy atom. The molecule has 0 unspecified atom stereocenters. The Hall–Kier alpha value is -7.15. The zero-order valence-electron chi connectivity index (χ0n) is 37.9. The number of rotatable bonds is 20. The van der Waals surface area contributed by atoms with Crippen LogP contribution in [0.1, 0.15) is 61.4 Å². The molecule has 5 atom stereocenters. The molecule has 0 aliphatic rings. The molecule has 0 bridgehead atoms. The van der Waals surface area contributed by atoms with Crippen LogP contribution in [0.5, 0.6) is 0 Å². The van der Waals surface area contributed by atoms with Crippen LogP contribution in [0.3, 0.4) is 0 Å². The van der Waals surface area contributed by atoms with Gasteiger partial charge in [-0.3, -0.25) is 24.7 Å². The highest BCUT2D eigenvalue weighted by Crippen LogP contribution is 2.37. The number of aliphatic hydroxyl groups excluding tert-OH is 1. The van der Waals surface area contributed by atoms with Gasteiger partial charge in [0.15, 0.2) is 0 Å². The number of hydrogen-bond donors (Lipinski definition) is 6. The van der Waals surface area contributed by atoms with Gasteiger partial charge in [-0.25, -0.2) is 4.79 Å². The summed E-state index contributed by atoms with van der Waals surface area (Å²) in [5, 5.41) is 24.7. The number of ether oxygens (including phenoxy) is 1. The molecule has 0 aliphatic carbocycles. The first-order valence-corrected chi connectivity index (χ1v) is 22.2. The fourth-order valence-corrected chi connectivity index (χ4v) is 8.32. The van der Waals surface area contributed by atoms with Gasteiger partial charge in [-0.05, 0) is 64.6 Å². The monoisotopic (exact) mass is 888 g/mol. The number of primary amides is 1. The van der Waals surface area contributed by atoms with E-state index in [1.165, 1.54) is 7.11 Å². The number of alkyl carbamates (subject to hydrolysis) is 1. The normalized spacial score (nSPS) is 13.8. The molecule has 7 N–H and O–H groups in total. The second kappa shape index (κ2) is 22.7. The summed E-state index contributed by atoms with van der Waals surface area (Å²) in [7, 11) is 1.23. The summed E-state index contributed by atoms with van der Waals surface area (Å²) >= 11 is 0. The number of methoxy groups -OCH3 is 1. The van der Waals surface area contributed by atoms with Crippen molar-refractivity contribution in [3.8, 4) is 11.3 Å². The maximum atomic E-state index is 14.6. The van der Waals surface area contributed by atoms with E-state index in [0.29, 0.717) is 6.42 Å². The summed E-state index contributed by atoms with van der Waals surface area (Å²) in [5.74, 6) is -1.70. The van der Waals surface area contributed by atoms with Crippen molar-refractivity contribution >= 4 is 23.8 Å². The molecule has 4 amide bonds. The fourth-order valence-electron chi connectivity index (χ4n) is 8.32. The number of nitrogens with zero attached hydrogens (tertiary/aromatic N) is 1. The summed E-state index contributed by atoms with van der Waals surface area (Å²) in [6, 6.07) is 48.2. The number of aromatic nitrogens is 1. The first-order valence-electron chi connectivity index (χ1n) is 22.2. The quantitative estimate of drug-likeness (QED) is 0.0450. The minimum Gasteiger partial charge on any atom is -0.453 e. The topological polar surface area (TPSA) is 185 Å². The predicted octanol–water partition coefficient (Wildman–Crippen LogP) is 6.85. The standard InChI is InChI=1S/C54H60N6O6/c1-53(2,3)49(59-52(65)66-4)51(64)57-43(33-38-28-30-39(31-29-38)44-27-17-18-32-56-44)35-47(61)45(34-37-19-9-5-10-20-37)58-46(50(55)63)36-48(62)60-54(40-21-11-6-12-22-40,41-23-13-7-14-24-41)42-25-15-8-16-26-42/h5-32,43,45-47,49,58,61H,33-36H2,1-4H3,(H2,55,63)(H,57,64)(H,59,65)(H,60,62)/t43-,45-,46-,47-,49+/m0/s1. The number of nitrogens with one attached hydrogen (secondary N) is 4. The largest absolute Gasteiger partial charge is 0.453 e. The Balaban J connectivity index is 1.30. The van der Waals surface area contributed by atoms with Gasteiger partial charge in [0.25, 0.3) is 0 Å². The van der Waals surface area contributed by atoms with E-state index in [1.807, 2.05) is 185 Å². The third-order valence-corrected chi connectivity index (χ3v) is 11.7. The molecule has 6 rings (SSSR count). The van der Waals surface area contributed by atoms with Crippen LogP contribution < -0.4 is 27.0 Å². The van der Waals surface area contributed by atoms with Crippen molar-refractivity contribution < 1.29 is 29.0 Å². The van der Waals surface area contributed by atoms with Crippen molar-refractivity contribution in [1.29, 1.82) is 0 Å². The minimum atomic E-state index is -1.21. The fraction of sp³-hybridized carbons (Fsp3) is 0.278. The molecule has 0 spiro atoms. The second-order valence-corrected chi connectivity index (χ2v) is 17.6. The number of benzene rings is 5. The van der Waals surface area contributed by atoms with Crippen LogP contribution in [0.2, 0.25) is 0 Å². The van der Waals surface area contributed by atoms with E-state index in [2.05, 4.69) is 26.3 Å². The van der Waals surface area contributed by atoms with Crippen molar-refractivity contribution in [2.45, 2.75) is 82.3 Å². The first-order chi connectivity index (χ1) is 31.8. The van der Waals surface area contributed by atoms with Crippen molar-refractivity contribution in [1.82, 2.24) is 26.3 Å². The maximum absolute atomic E-state index is 14.6. The zero-order valence-corrected chi connectivity index (χ0v) is 37.9. The smallest absolute Gasteiger partial charge is 0.407 e. The molecule has 0 saturated carbocycles. The molecule has 0 radical (unpaired) electrons. The van der Waals surface area contributed by atoms with E-state index in [4.69, 9.17) is 10.5 Å². The highest BCUT2D eigenvalue weighted by Gasteiger charge is 2.40. The Labute approximate surface area is 387 Å². The Morgan fingerprint density at radius 3 is 1.67 bits per heavy atom. The first kappa shape index (κ1) is 48.3. The highest BCUT2D eigenvalue weighted by atomic mass is 16.5. The number of aliphatic hydroxyl groups is 1. The number of carbonyl (C=O) groups excluding carboxylic acids is 4. The van der Waals surface area contributed by atoms with Gasteiger partial charge in [-0.1, -0.05) is 172 Å². The third kappa shape index (κ3) is 12.8. The molecule has 0 aliphatic heterocycles. The molecule has 342 valence electrons. The van der Waals surface area contributed by atoms with Gasteiger partial charge in [-0.2, -0.15) is 0 Å². The molecule has 5 aromatic carbocycles. The summed E-state index contributed by atoms with van der Waals surface area (Å²) in [6.45, 7) is 5.49. The van der Waals surface area contributed by atoms with Gasteiger partial charge in [0.05, 0.1) is 31.4 Å². The lowest BCUT2D eigenvalue weighted by molar-refractivity contribution is -0.128. The molecular formula is C54H60N6O6. The molecule has 1 aromatic heterocycles. The maximum Gasteiger partial charge on any atom is 0.407 e. The molecule has 0 fully saturated rings. The SMILES string of the molecule is COC(=O)N[C@H](C(=O)N[C@@H](Cc1ccc(-c2ccccn2)cc1)C[C@H](O)[C@H](Cc1ccccc1)N[C@@H](CC(=O)NC(c1ccccc1)(c1ccccc1)c1ccccc1)C(N)=O)C(C)(C)C. The van der Waals surface area contributed by atoms with E-state index in [1.54, 1.807) is 6.20 Å². The van der Waals surface area contributed by atoms with E-state index in [9.17, 15) is 24.3 Å². The van der Waals surface area contributed by atoms with Gasteiger partial charge in [0, 0.05) is 23.8 Å².